The summed E-state index contributed by atoms with van der Waals surface area (Å²) < 4.78 is 0.932. The van der Waals surface area contributed by atoms with Crippen molar-refractivity contribution < 1.29 is 0 Å². The molecule has 0 amide bonds. The van der Waals surface area contributed by atoms with Gasteiger partial charge in [0.2, 0.25) is 0 Å². The standard InChI is InChI=1S/C16H25BrClN/c1-2-3-4-5-6-7-8-9-16(19)13-10-11-14(17)15(18)12-13/h10-12,16H,2-9,19H2,1H3. The fourth-order valence-electron chi connectivity index (χ4n) is 2.23. The van der Waals surface area contributed by atoms with Gasteiger partial charge in [0.15, 0.2) is 0 Å². The van der Waals surface area contributed by atoms with Crippen molar-refractivity contribution in [3.63, 3.8) is 0 Å². The van der Waals surface area contributed by atoms with Gasteiger partial charge in [-0.05, 0) is 40.0 Å². The van der Waals surface area contributed by atoms with Gasteiger partial charge in [0, 0.05) is 10.5 Å². The van der Waals surface area contributed by atoms with Crippen LogP contribution < -0.4 is 5.73 Å². The largest absolute Gasteiger partial charge is 0.324 e. The van der Waals surface area contributed by atoms with Crippen LogP contribution in [0.5, 0.6) is 0 Å². The Bertz CT molecular complexity index is 368. The molecule has 3 heteroatoms. The normalized spacial score (nSPS) is 12.6. The molecule has 108 valence electrons. The second-order valence-electron chi connectivity index (χ2n) is 5.19. The first-order chi connectivity index (χ1) is 9.15. The third kappa shape index (κ3) is 6.78. The van der Waals surface area contributed by atoms with Gasteiger partial charge in [-0.3, -0.25) is 0 Å². The number of hydrogen-bond acceptors (Lipinski definition) is 1. The Kier molecular flexibility index (Phi) is 8.76. The Morgan fingerprint density at radius 2 is 1.74 bits per heavy atom. The minimum Gasteiger partial charge on any atom is -0.324 e. The second kappa shape index (κ2) is 9.79. The Hall–Kier alpha value is -0.0500. The van der Waals surface area contributed by atoms with Crippen LogP contribution >= 0.6 is 27.5 Å². The van der Waals surface area contributed by atoms with Crippen LogP contribution in [0.3, 0.4) is 0 Å². The third-order valence-electron chi connectivity index (χ3n) is 3.49. The molecule has 1 atom stereocenters. The summed E-state index contributed by atoms with van der Waals surface area (Å²) in [6.45, 7) is 2.25. The number of nitrogens with two attached hydrogens (primary N) is 1. The first-order valence-electron chi connectivity index (χ1n) is 7.35. The molecule has 1 aromatic carbocycles. The van der Waals surface area contributed by atoms with Crippen molar-refractivity contribution in [2.24, 2.45) is 5.73 Å². The number of benzene rings is 1. The van der Waals surface area contributed by atoms with Crippen molar-refractivity contribution in [2.45, 2.75) is 64.3 Å². The molecule has 0 saturated carbocycles. The van der Waals surface area contributed by atoms with E-state index in [2.05, 4.69) is 28.9 Å². The molecule has 2 N–H and O–H groups in total. The molecule has 0 heterocycles. The predicted molar refractivity (Wildman–Crippen MR) is 88.7 cm³/mol. The molecule has 0 fully saturated rings. The number of unbranched alkanes of at least 4 members (excludes halogenated alkanes) is 6. The van der Waals surface area contributed by atoms with Crippen LogP contribution in [0.25, 0.3) is 0 Å². The van der Waals surface area contributed by atoms with Gasteiger partial charge in [-0.2, -0.15) is 0 Å². The smallest absolute Gasteiger partial charge is 0.0551 e. The second-order valence-corrected chi connectivity index (χ2v) is 6.45. The highest BCUT2D eigenvalue weighted by Crippen LogP contribution is 2.27. The van der Waals surface area contributed by atoms with Gasteiger partial charge in [0.25, 0.3) is 0 Å². The molecule has 1 aromatic rings. The topological polar surface area (TPSA) is 26.0 Å². The molecule has 1 nitrogen and oxygen atoms in total. The molecule has 0 aliphatic heterocycles. The van der Waals surface area contributed by atoms with Crippen LogP contribution in [0.2, 0.25) is 5.02 Å². The fourth-order valence-corrected chi connectivity index (χ4v) is 2.67. The van der Waals surface area contributed by atoms with E-state index in [-0.39, 0.29) is 6.04 Å². The van der Waals surface area contributed by atoms with Crippen LogP contribution in [0.15, 0.2) is 22.7 Å². The molecule has 0 bridgehead atoms. The maximum atomic E-state index is 6.20. The summed E-state index contributed by atoms with van der Waals surface area (Å²) >= 11 is 9.49. The van der Waals surface area contributed by atoms with E-state index in [1.165, 1.54) is 44.9 Å². The Morgan fingerprint density at radius 3 is 2.37 bits per heavy atom. The zero-order chi connectivity index (χ0) is 14.1. The van der Waals surface area contributed by atoms with E-state index >= 15 is 0 Å². The van der Waals surface area contributed by atoms with Gasteiger partial charge in [0.1, 0.15) is 0 Å². The van der Waals surface area contributed by atoms with Gasteiger partial charge < -0.3 is 5.73 Å². The van der Waals surface area contributed by atoms with E-state index in [0.717, 1.165) is 21.5 Å². The average molecular weight is 347 g/mol. The van der Waals surface area contributed by atoms with Crippen LogP contribution in [-0.2, 0) is 0 Å². The molecule has 0 saturated heterocycles. The Balaban J connectivity index is 2.20. The van der Waals surface area contributed by atoms with Crippen LogP contribution in [-0.4, -0.2) is 0 Å². The van der Waals surface area contributed by atoms with Crippen LogP contribution in [0.1, 0.15) is 69.9 Å². The lowest BCUT2D eigenvalue weighted by Crippen LogP contribution is -2.10. The fraction of sp³-hybridized carbons (Fsp3) is 0.625. The summed E-state index contributed by atoms with van der Waals surface area (Å²) in [7, 11) is 0. The summed E-state index contributed by atoms with van der Waals surface area (Å²) in [5, 5.41) is 0.743. The van der Waals surface area contributed by atoms with Crippen molar-refractivity contribution in [1.29, 1.82) is 0 Å². The molecule has 1 unspecified atom stereocenters. The van der Waals surface area contributed by atoms with E-state index in [1.54, 1.807) is 0 Å². The first kappa shape index (κ1) is 17.0. The average Bonchev–Trinajstić information content (AvgIpc) is 2.40. The van der Waals surface area contributed by atoms with Gasteiger partial charge in [-0.25, -0.2) is 0 Å². The Morgan fingerprint density at radius 1 is 1.11 bits per heavy atom. The first-order valence-corrected chi connectivity index (χ1v) is 8.52. The molecule has 0 spiro atoms. The van der Waals surface area contributed by atoms with Crippen molar-refractivity contribution in [1.82, 2.24) is 0 Å². The molecule has 19 heavy (non-hydrogen) atoms. The van der Waals surface area contributed by atoms with Gasteiger partial charge in [-0.15, -0.1) is 0 Å². The van der Waals surface area contributed by atoms with Crippen LogP contribution in [0, 0.1) is 0 Å². The van der Waals surface area contributed by atoms with Crippen molar-refractivity contribution in [3.8, 4) is 0 Å². The number of hydrogen-bond donors (Lipinski definition) is 1. The molecule has 0 aliphatic carbocycles. The zero-order valence-corrected chi connectivity index (χ0v) is 14.1. The lowest BCUT2D eigenvalue weighted by atomic mass is 10.0. The van der Waals surface area contributed by atoms with E-state index < -0.39 is 0 Å². The zero-order valence-electron chi connectivity index (χ0n) is 11.8. The number of halogens is 2. The minimum absolute atomic E-state index is 0.112. The molecular formula is C16H25BrClN. The van der Waals surface area contributed by atoms with E-state index in [4.69, 9.17) is 17.3 Å². The van der Waals surface area contributed by atoms with Gasteiger partial charge >= 0.3 is 0 Å². The monoisotopic (exact) mass is 345 g/mol. The SMILES string of the molecule is CCCCCCCCCC(N)c1ccc(Br)c(Cl)c1. The lowest BCUT2D eigenvalue weighted by Gasteiger charge is -2.12. The molecule has 0 radical (unpaired) electrons. The van der Waals surface area contributed by atoms with Crippen LogP contribution in [0.4, 0.5) is 0 Å². The van der Waals surface area contributed by atoms with Crippen molar-refractivity contribution >= 4 is 27.5 Å². The summed E-state index contributed by atoms with van der Waals surface area (Å²) in [4.78, 5) is 0. The van der Waals surface area contributed by atoms with E-state index in [9.17, 15) is 0 Å². The molecule has 1 rings (SSSR count). The summed E-state index contributed by atoms with van der Waals surface area (Å²) in [5.41, 5.74) is 7.34. The molecule has 0 aliphatic rings. The van der Waals surface area contributed by atoms with Crippen molar-refractivity contribution in [2.75, 3.05) is 0 Å². The van der Waals surface area contributed by atoms with Crippen molar-refractivity contribution in [3.05, 3.63) is 33.3 Å². The van der Waals surface area contributed by atoms with E-state index in [0.29, 0.717) is 0 Å². The maximum Gasteiger partial charge on any atom is 0.0551 e. The Labute approximate surface area is 131 Å². The highest BCUT2D eigenvalue weighted by Gasteiger charge is 2.07. The van der Waals surface area contributed by atoms with Gasteiger partial charge in [0.05, 0.1) is 5.02 Å². The minimum atomic E-state index is 0.112. The summed E-state index contributed by atoms with van der Waals surface area (Å²) in [6, 6.07) is 6.11. The maximum absolute atomic E-state index is 6.20. The third-order valence-corrected chi connectivity index (χ3v) is 4.72. The predicted octanol–water partition coefficient (Wildman–Crippen LogP) is 6.24. The van der Waals surface area contributed by atoms with E-state index in [1.807, 2.05) is 12.1 Å². The lowest BCUT2D eigenvalue weighted by molar-refractivity contribution is 0.541. The number of rotatable bonds is 9. The highest BCUT2D eigenvalue weighted by atomic mass is 79.9. The highest BCUT2D eigenvalue weighted by molar-refractivity contribution is 9.10. The molecule has 0 aromatic heterocycles. The quantitative estimate of drug-likeness (QED) is 0.526. The summed E-state index contributed by atoms with van der Waals surface area (Å²) in [6.07, 6.45) is 10.3. The summed E-state index contributed by atoms with van der Waals surface area (Å²) in [5.74, 6) is 0. The molecular weight excluding hydrogens is 322 g/mol. The van der Waals surface area contributed by atoms with Gasteiger partial charge in [-0.1, -0.05) is 69.5 Å².